The number of nitrogens with one attached hydrogen (secondary N) is 2. The fourth-order valence-corrected chi connectivity index (χ4v) is 3.59. The lowest BCUT2D eigenvalue weighted by molar-refractivity contribution is 0.582. The van der Waals surface area contributed by atoms with Crippen LogP contribution in [0.25, 0.3) is 10.8 Å². The number of hydrogen-bond donors (Lipinski definition) is 2. The SMILES string of the molecule is O=S1(=O)NC(Cc2ccc3ccccc3c2)=CC(=NC2CC2)N1. The second kappa shape index (κ2) is 5.38. The van der Waals surface area contributed by atoms with Crippen molar-refractivity contribution >= 4 is 26.8 Å². The normalized spacial score (nSPS) is 21.6. The highest BCUT2D eigenvalue weighted by molar-refractivity contribution is 7.88. The van der Waals surface area contributed by atoms with Crippen LogP contribution in [0.3, 0.4) is 0 Å². The molecule has 0 bridgehead atoms. The molecule has 0 aromatic heterocycles. The molecule has 2 aliphatic rings. The second-order valence-corrected chi connectivity index (χ2v) is 7.40. The predicted octanol–water partition coefficient (Wildman–Crippen LogP) is 2.26. The Balaban J connectivity index is 1.63. The minimum absolute atomic E-state index is 0.268. The van der Waals surface area contributed by atoms with E-state index in [0.717, 1.165) is 23.8 Å². The summed E-state index contributed by atoms with van der Waals surface area (Å²) in [5, 5.41) is 2.32. The van der Waals surface area contributed by atoms with E-state index in [2.05, 4.69) is 38.7 Å². The lowest BCUT2D eigenvalue weighted by Gasteiger charge is -2.19. The zero-order valence-corrected chi connectivity index (χ0v) is 13.3. The highest BCUT2D eigenvalue weighted by Gasteiger charge is 2.25. The standard InChI is InChI=1S/C17H17N3O2S/c21-23(22)19-16(11-17(20-23)18-15-7-8-15)10-12-5-6-13-3-1-2-4-14(13)9-12/h1-6,9,11,15,19H,7-8,10H2,(H,18,20). The molecule has 0 saturated heterocycles. The van der Waals surface area contributed by atoms with Gasteiger partial charge in [-0.25, -0.2) is 0 Å². The molecule has 2 aromatic carbocycles. The van der Waals surface area contributed by atoms with Gasteiger partial charge in [0.15, 0.2) is 0 Å². The summed E-state index contributed by atoms with van der Waals surface area (Å²) in [5.74, 6) is 0.432. The Morgan fingerprint density at radius 1 is 1.04 bits per heavy atom. The molecule has 2 aromatic rings. The van der Waals surface area contributed by atoms with Crippen molar-refractivity contribution in [3.8, 4) is 0 Å². The first kappa shape index (κ1) is 14.3. The van der Waals surface area contributed by atoms with Crippen LogP contribution in [0.15, 0.2) is 59.2 Å². The molecule has 118 valence electrons. The first-order valence-electron chi connectivity index (χ1n) is 7.64. The number of aliphatic imine (C=N–C) groups is 1. The number of benzene rings is 2. The number of hydrogen-bond acceptors (Lipinski definition) is 3. The molecule has 1 aliphatic carbocycles. The van der Waals surface area contributed by atoms with Gasteiger partial charge in [-0.2, -0.15) is 8.42 Å². The highest BCUT2D eigenvalue weighted by atomic mass is 32.2. The fraction of sp³-hybridized carbons (Fsp3) is 0.235. The molecule has 0 unspecified atom stereocenters. The zero-order chi connectivity index (χ0) is 15.9. The second-order valence-electron chi connectivity index (χ2n) is 5.98. The molecule has 2 N–H and O–H groups in total. The van der Waals surface area contributed by atoms with Crippen molar-refractivity contribution in [3.05, 3.63) is 59.8 Å². The summed E-state index contributed by atoms with van der Waals surface area (Å²) < 4.78 is 28.9. The van der Waals surface area contributed by atoms with Crippen LogP contribution in [0.2, 0.25) is 0 Å². The Morgan fingerprint density at radius 2 is 1.83 bits per heavy atom. The van der Waals surface area contributed by atoms with Gasteiger partial charge in [-0.15, -0.1) is 0 Å². The van der Waals surface area contributed by atoms with E-state index in [1.165, 1.54) is 5.39 Å². The molecular formula is C17H17N3O2S. The third-order valence-electron chi connectivity index (χ3n) is 3.89. The minimum Gasteiger partial charge on any atom is -0.270 e. The lowest BCUT2D eigenvalue weighted by Crippen LogP contribution is -2.44. The highest BCUT2D eigenvalue weighted by Crippen LogP contribution is 2.24. The maximum atomic E-state index is 11.9. The van der Waals surface area contributed by atoms with Crippen molar-refractivity contribution in [1.82, 2.24) is 9.44 Å². The van der Waals surface area contributed by atoms with Gasteiger partial charge in [-0.3, -0.25) is 14.4 Å². The minimum atomic E-state index is -3.56. The summed E-state index contributed by atoms with van der Waals surface area (Å²) in [7, 11) is -3.56. The Hall–Kier alpha value is -2.34. The van der Waals surface area contributed by atoms with E-state index in [1.807, 2.05) is 18.2 Å². The average molecular weight is 327 g/mol. The van der Waals surface area contributed by atoms with Crippen molar-refractivity contribution in [1.29, 1.82) is 0 Å². The molecule has 1 fully saturated rings. The number of rotatable bonds is 3. The summed E-state index contributed by atoms with van der Waals surface area (Å²) in [4.78, 5) is 4.39. The summed E-state index contributed by atoms with van der Waals surface area (Å²) in [5.41, 5.74) is 1.70. The average Bonchev–Trinajstić information content (AvgIpc) is 3.29. The van der Waals surface area contributed by atoms with Crippen molar-refractivity contribution < 1.29 is 8.42 Å². The third-order valence-corrected chi connectivity index (χ3v) is 4.90. The Bertz CT molecular complexity index is 928. The first-order valence-corrected chi connectivity index (χ1v) is 9.12. The van der Waals surface area contributed by atoms with Gasteiger partial charge in [0, 0.05) is 18.2 Å². The van der Waals surface area contributed by atoms with Crippen LogP contribution in [-0.4, -0.2) is 20.3 Å². The molecule has 23 heavy (non-hydrogen) atoms. The molecule has 0 amide bonds. The van der Waals surface area contributed by atoms with E-state index in [1.54, 1.807) is 6.08 Å². The summed E-state index contributed by atoms with van der Waals surface area (Å²) in [6.45, 7) is 0. The van der Waals surface area contributed by atoms with Crippen LogP contribution < -0.4 is 9.44 Å². The van der Waals surface area contributed by atoms with E-state index in [-0.39, 0.29) is 6.04 Å². The Kier molecular flexibility index (Phi) is 3.34. The van der Waals surface area contributed by atoms with Gasteiger partial charge >= 0.3 is 10.2 Å². The summed E-state index contributed by atoms with van der Waals surface area (Å²) >= 11 is 0. The van der Waals surface area contributed by atoms with Crippen molar-refractivity contribution in [3.63, 3.8) is 0 Å². The molecule has 0 spiro atoms. The van der Waals surface area contributed by atoms with Gasteiger partial charge in [0.05, 0.1) is 6.04 Å². The maximum Gasteiger partial charge on any atom is 0.322 e. The predicted molar refractivity (Wildman–Crippen MR) is 91.4 cm³/mol. The maximum absolute atomic E-state index is 11.9. The van der Waals surface area contributed by atoms with Gasteiger partial charge in [-0.05, 0) is 29.2 Å². The van der Waals surface area contributed by atoms with E-state index in [4.69, 9.17) is 0 Å². The third kappa shape index (κ3) is 3.37. The Morgan fingerprint density at radius 3 is 2.61 bits per heavy atom. The van der Waals surface area contributed by atoms with Crippen LogP contribution in [0.5, 0.6) is 0 Å². The summed E-state index contributed by atoms with van der Waals surface area (Å²) in [6, 6.07) is 14.6. The van der Waals surface area contributed by atoms with E-state index >= 15 is 0 Å². The molecule has 0 atom stereocenters. The number of nitrogens with zero attached hydrogens (tertiary/aromatic N) is 1. The molecule has 0 radical (unpaired) electrons. The largest absolute Gasteiger partial charge is 0.322 e. The molecule has 1 aliphatic heterocycles. The number of amidine groups is 1. The molecule has 4 rings (SSSR count). The molecule has 1 saturated carbocycles. The number of fused-ring (bicyclic) bond motifs is 1. The van der Waals surface area contributed by atoms with Crippen LogP contribution in [0.1, 0.15) is 18.4 Å². The van der Waals surface area contributed by atoms with Crippen LogP contribution in [0, 0.1) is 0 Å². The van der Waals surface area contributed by atoms with Crippen LogP contribution in [-0.2, 0) is 16.6 Å². The van der Waals surface area contributed by atoms with Gasteiger partial charge in [-0.1, -0.05) is 42.5 Å². The summed E-state index contributed by atoms with van der Waals surface area (Å²) in [6.07, 6.45) is 4.38. The van der Waals surface area contributed by atoms with Gasteiger partial charge in [0.2, 0.25) is 0 Å². The first-order chi connectivity index (χ1) is 11.1. The molecule has 1 heterocycles. The van der Waals surface area contributed by atoms with Crippen molar-refractivity contribution in [2.75, 3.05) is 0 Å². The smallest absolute Gasteiger partial charge is 0.270 e. The Labute approximate surface area is 135 Å². The quantitative estimate of drug-likeness (QED) is 0.908. The van der Waals surface area contributed by atoms with Crippen molar-refractivity contribution in [2.24, 2.45) is 4.99 Å². The molecular weight excluding hydrogens is 310 g/mol. The van der Waals surface area contributed by atoms with Gasteiger partial charge in [0.1, 0.15) is 5.84 Å². The zero-order valence-electron chi connectivity index (χ0n) is 12.5. The van der Waals surface area contributed by atoms with E-state index in [0.29, 0.717) is 18.0 Å². The van der Waals surface area contributed by atoms with Crippen LogP contribution in [0.4, 0.5) is 0 Å². The molecule has 6 heteroatoms. The fourth-order valence-electron chi connectivity index (χ4n) is 2.68. The van der Waals surface area contributed by atoms with E-state index < -0.39 is 10.2 Å². The monoisotopic (exact) mass is 327 g/mol. The van der Waals surface area contributed by atoms with Crippen LogP contribution >= 0.6 is 0 Å². The van der Waals surface area contributed by atoms with Gasteiger partial charge in [0.25, 0.3) is 0 Å². The van der Waals surface area contributed by atoms with E-state index in [9.17, 15) is 8.42 Å². The topological polar surface area (TPSA) is 70.6 Å². The number of allylic oxidation sites excluding steroid dienone is 1. The lowest BCUT2D eigenvalue weighted by atomic mass is 10.0. The molecule has 5 nitrogen and oxygen atoms in total. The van der Waals surface area contributed by atoms with Crippen molar-refractivity contribution in [2.45, 2.75) is 25.3 Å². The van der Waals surface area contributed by atoms with Gasteiger partial charge < -0.3 is 0 Å².